The highest BCUT2D eigenvalue weighted by molar-refractivity contribution is 7.71. The van der Waals surface area contributed by atoms with Gasteiger partial charge in [0.1, 0.15) is 11.3 Å². The molecule has 1 aromatic carbocycles. The predicted octanol–water partition coefficient (Wildman–Crippen LogP) is 3.58. The summed E-state index contributed by atoms with van der Waals surface area (Å²) in [6.07, 6.45) is 3.78. The Bertz CT molecular complexity index is 697. The van der Waals surface area contributed by atoms with Crippen LogP contribution in [-0.2, 0) is 6.54 Å². The van der Waals surface area contributed by atoms with Crippen LogP contribution in [0, 0.1) is 4.77 Å². The molecule has 114 valence electrons. The smallest absolute Gasteiger partial charge is 0.178 e. The number of para-hydroxylation sites is 1. The highest BCUT2D eigenvalue weighted by atomic mass is 32.1. The van der Waals surface area contributed by atoms with Gasteiger partial charge in [0, 0.05) is 12.1 Å². The van der Waals surface area contributed by atoms with E-state index in [9.17, 15) is 0 Å². The summed E-state index contributed by atoms with van der Waals surface area (Å²) in [5, 5.41) is 0. The second-order valence-corrected chi connectivity index (χ2v) is 6.46. The molecule has 0 radical (unpaired) electrons. The van der Waals surface area contributed by atoms with Gasteiger partial charge in [-0.1, -0.05) is 6.07 Å². The van der Waals surface area contributed by atoms with E-state index in [-0.39, 0.29) is 5.54 Å². The first-order valence-corrected chi connectivity index (χ1v) is 8.00. The lowest BCUT2D eigenvalue weighted by Gasteiger charge is -2.47. The van der Waals surface area contributed by atoms with Crippen molar-refractivity contribution in [3.05, 3.63) is 23.0 Å². The Labute approximate surface area is 130 Å². The van der Waals surface area contributed by atoms with Crippen LogP contribution in [0.2, 0.25) is 0 Å². The topological polar surface area (TPSA) is 33.2 Å². The third-order valence-electron chi connectivity index (χ3n) is 4.76. The molecule has 1 N–H and O–H groups in total. The molecule has 0 amide bonds. The lowest BCUT2D eigenvalue weighted by molar-refractivity contribution is 0.0431. The average molecular weight is 305 g/mol. The van der Waals surface area contributed by atoms with Crippen molar-refractivity contribution in [2.75, 3.05) is 20.7 Å². The lowest BCUT2D eigenvalue weighted by atomic mass is 9.75. The molecule has 1 aromatic heterocycles. The summed E-state index contributed by atoms with van der Waals surface area (Å²) in [6.45, 7) is 3.60. The van der Waals surface area contributed by atoms with Gasteiger partial charge in [-0.05, 0) is 64.6 Å². The molecular formula is C16H23N3OS. The van der Waals surface area contributed by atoms with Gasteiger partial charge < -0.3 is 19.2 Å². The van der Waals surface area contributed by atoms with Gasteiger partial charge in [-0.2, -0.15) is 0 Å². The molecule has 5 heteroatoms. The summed E-state index contributed by atoms with van der Waals surface area (Å²) in [5.41, 5.74) is 2.39. The molecule has 1 aliphatic carbocycles. The van der Waals surface area contributed by atoms with E-state index in [0.717, 1.165) is 28.1 Å². The van der Waals surface area contributed by atoms with E-state index < -0.39 is 0 Å². The number of aromatic nitrogens is 2. The molecule has 0 spiro atoms. The first-order chi connectivity index (χ1) is 10.1. The van der Waals surface area contributed by atoms with E-state index in [1.165, 1.54) is 19.3 Å². The maximum absolute atomic E-state index is 5.70. The standard InChI is InChI=1S/C16H23N3OS/c1-4-20-13-8-5-7-12-14(13)17-15(21)19(12)11-16(18(2)3)9-6-10-16/h5,7-8H,4,6,9-11H2,1-3H3,(H,17,21). The van der Waals surface area contributed by atoms with Crippen LogP contribution < -0.4 is 4.74 Å². The molecule has 21 heavy (non-hydrogen) atoms. The highest BCUT2D eigenvalue weighted by Gasteiger charge is 2.39. The normalized spacial score (nSPS) is 17.1. The summed E-state index contributed by atoms with van der Waals surface area (Å²) < 4.78 is 8.72. The number of benzene rings is 1. The molecule has 1 fully saturated rings. The number of likely N-dealkylation sites (N-methyl/N-ethyl adjacent to an activating group) is 1. The molecule has 1 heterocycles. The van der Waals surface area contributed by atoms with E-state index in [4.69, 9.17) is 17.0 Å². The summed E-state index contributed by atoms with van der Waals surface area (Å²) in [4.78, 5) is 5.68. The van der Waals surface area contributed by atoms with Gasteiger partial charge in [0.25, 0.3) is 0 Å². The quantitative estimate of drug-likeness (QED) is 0.857. The number of fused-ring (bicyclic) bond motifs is 1. The van der Waals surface area contributed by atoms with Crippen molar-refractivity contribution in [1.29, 1.82) is 0 Å². The second kappa shape index (κ2) is 5.46. The Balaban J connectivity index is 2.05. The molecule has 2 aromatic rings. The fraction of sp³-hybridized carbons (Fsp3) is 0.562. The first kappa shape index (κ1) is 14.6. The maximum Gasteiger partial charge on any atom is 0.178 e. The van der Waals surface area contributed by atoms with Gasteiger partial charge in [0.2, 0.25) is 0 Å². The molecule has 4 nitrogen and oxygen atoms in total. The van der Waals surface area contributed by atoms with Crippen LogP contribution in [0.15, 0.2) is 18.2 Å². The Morgan fingerprint density at radius 1 is 1.38 bits per heavy atom. The minimum Gasteiger partial charge on any atom is -0.492 e. The van der Waals surface area contributed by atoms with Gasteiger partial charge >= 0.3 is 0 Å². The van der Waals surface area contributed by atoms with Crippen molar-refractivity contribution in [2.45, 2.75) is 38.3 Å². The zero-order chi connectivity index (χ0) is 15.0. The van der Waals surface area contributed by atoms with Crippen LogP contribution >= 0.6 is 12.2 Å². The third-order valence-corrected chi connectivity index (χ3v) is 5.08. The fourth-order valence-electron chi connectivity index (χ4n) is 3.21. The van der Waals surface area contributed by atoms with Crippen LogP contribution in [0.25, 0.3) is 11.0 Å². The number of nitrogens with zero attached hydrogens (tertiary/aromatic N) is 2. The number of imidazole rings is 1. The van der Waals surface area contributed by atoms with E-state index in [1.54, 1.807) is 0 Å². The second-order valence-electron chi connectivity index (χ2n) is 6.07. The molecule has 0 saturated heterocycles. The number of hydrogen-bond acceptors (Lipinski definition) is 3. The Hall–Kier alpha value is -1.33. The molecular weight excluding hydrogens is 282 g/mol. The van der Waals surface area contributed by atoms with Crippen molar-refractivity contribution >= 4 is 23.3 Å². The average Bonchev–Trinajstić information content (AvgIpc) is 2.71. The molecule has 0 bridgehead atoms. The molecule has 0 aliphatic heterocycles. The summed E-state index contributed by atoms with van der Waals surface area (Å²) in [7, 11) is 4.34. The van der Waals surface area contributed by atoms with E-state index in [2.05, 4.69) is 34.6 Å². The summed E-state index contributed by atoms with van der Waals surface area (Å²) in [5.74, 6) is 0.882. The number of H-pyrrole nitrogens is 1. The van der Waals surface area contributed by atoms with E-state index >= 15 is 0 Å². The Morgan fingerprint density at radius 2 is 2.14 bits per heavy atom. The minimum absolute atomic E-state index is 0.245. The van der Waals surface area contributed by atoms with Crippen LogP contribution in [0.4, 0.5) is 0 Å². The van der Waals surface area contributed by atoms with Crippen molar-refractivity contribution < 1.29 is 4.74 Å². The van der Waals surface area contributed by atoms with Crippen molar-refractivity contribution in [2.24, 2.45) is 0 Å². The van der Waals surface area contributed by atoms with Gasteiger partial charge in [-0.25, -0.2) is 0 Å². The van der Waals surface area contributed by atoms with Gasteiger partial charge in [0.05, 0.1) is 12.1 Å². The lowest BCUT2D eigenvalue weighted by Crippen LogP contribution is -2.53. The molecule has 1 aliphatic rings. The van der Waals surface area contributed by atoms with E-state index in [1.807, 2.05) is 19.1 Å². The van der Waals surface area contributed by atoms with Crippen LogP contribution in [-0.4, -0.2) is 40.7 Å². The van der Waals surface area contributed by atoms with Crippen LogP contribution in [0.1, 0.15) is 26.2 Å². The SMILES string of the molecule is CCOc1cccc2c1[nH]c(=S)n2CC1(N(C)C)CCC1. The third kappa shape index (κ3) is 2.38. The number of rotatable bonds is 5. The minimum atomic E-state index is 0.245. The predicted molar refractivity (Wildman–Crippen MR) is 88.6 cm³/mol. The zero-order valence-electron chi connectivity index (χ0n) is 13.0. The Morgan fingerprint density at radius 3 is 2.71 bits per heavy atom. The highest BCUT2D eigenvalue weighted by Crippen LogP contribution is 2.38. The number of hydrogen-bond donors (Lipinski definition) is 1. The van der Waals surface area contributed by atoms with Gasteiger partial charge in [0.15, 0.2) is 4.77 Å². The molecule has 0 atom stereocenters. The van der Waals surface area contributed by atoms with Crippen molar-refractivity contribution in [3.8, 4) is 5.75 Å². The zero-order valence-corrected chi connectivity index (χ0v) is 13.8. The molecule has 1 saturated carbocycles. The van der Waals surface area contributed by atoms with E-state index in [0.29, 0.717) is 6.61 Å². The monoisotopic (exact) mass is 305 g/mol. The number of aromatic amines is 1. The van der Waals surface area contributed by atoms with Crippen LogP contribution in [0.3, 0.4) is 0 Å². The Kier molecular flexibility index (Phi) is 3.80. The largest absolute Gasteiger partial charge is 0.492 e. The van der Waals surface area contributed by atoms with Gasteiger partial charge in [-0.15, -0.1) is 0 Å². The molecule has 0 unspecified atom stereocenters. The number of nitrogens with one attached hydrogen (secondary N) is 1. The first-order valence-electron chi connectivity index (χ1n) is 7.59. The van der Waals surface area contributed by atoms with Gasteiger partial charge in [-0.3, -0.25) is 0 Å². The summed E-state index contributed by atoms with van der Waals surface area (Å²) in [6, 6.07) is 6.15. The van der Waals surface area contributed by atoms with Crippen molar-refractivity contribution in [3.63, 3.8) is 0 Å². The van der Waals surface area contributed by atoms with Crippen LogP contribution in [0.5, 0.6) is 5.75 Å². The summed E-state index contributed by atoms with van der Waals surface area (Å²) >= 11 is 5.56. The van der Waals surface area contributed by atoms with Crippen molar-refractivity contribution in [1.82, 2.24) is 14.5 Å². The number of ether oxygens (including phenoxy) is 1. The fourth-order valence-corrected chi connectivity index (χ4v) is 3.48. The molecule has 3 rings (SSSR count). The maximum atomic E-state index is 5.70.